The van der Waals surface area contributed by atoms with Crippen LogP contribution in [-0.2, 0) is 42.9 Å². The standard InChI is InChI=1S/C35H46BrN3O11S/c1-33(2,3)48-31(43)37-27-25-16-20(25)10-8-9-11-21-18-35(21,30(42)47-7)39(32(44)49-34(4,5)6)28(40)26-17-23(19-38(26)29(27)41)50-51(45,46)24-14-12-22(36)13-15-24/h9,11-15,20-21,23,25-27H,8,10,16-19H2,1-7H3,(H,37,43). The van der Waals surface area contributed by atoms with E-state index in [-0.39, 0.29) is 36.1 Å². The third-order valence-electron chi connectivity index (χ3n) is 9.33. The summed E-state index contributed by atoms with van der Waals surface area (Å²) in [6.45, 7) is 9.51. The van der Waals surface area contributed by atoms with Crippen molar-refractivity contribution in [2.45, 2.75) is 113 Å². The van der Waals surface area contributed by atoms with Crippen molar-refractivity contribution in [1.82, 2.24) is 15.1 Å². The summed E-state index contributed by atoms with van der Waals surface area (Å²) >= 11 is 3.28. The average Bonchev–Trinajstić information content (AvgIpc) is 3.90. The minimum atomic E-state index is -4.38. The number of nitrogens with one attached hydrogen (secondary N) is 1. The first-order valence-corrected chi connectivity index (χ1v) is 19.2. The normalized spacial score (nSPS) is 29.6. The highest BCUT2D eigenvalue weighted by atomic mass is 79.9. The van der Waals surface area contributed by atoms with Gasteiger partial charge in [0, 0.05) is 23.4 Å². The van der Waals surface area contributed by atoms with E-state index in [1.54, 1.807) is 47.6 Å². The molecule has 280 valence electrons. The molecule has 2 heterocycles. The van der Waals surface area contributed by atoms with Crippen molar-refractivity contribution in [1.29, 1.82) is 0 Å². The molecule has 4 aliphatic rings. The Balaban J connectivity index is 1.58. The molecule has 16 heteroatoms. The van der Waals surface area contributed by atoms with Crippen LogP contribution >= 0.6 is 15.9 Å². The van der Waals surface area contributed by atoms with Crippen molar-refractivity contribution < 1.29 is 50.8 Å². The molecule has 3 fully saturated rings. The third kappa shape index (κ3) is 8.60. The van der Waals surface area contributed by atoms with E-state index in [0.717, 1.165) is 16.9 Å². The van der Waals surface area contributed by atoms with Crippen LogP contribution in [-0.4, -0.2) is 96.8 Å². The number of carbonyl (C=O) groups excluding carboxylic acids is 5. The molecule has 0 aromatic heterocycles. The second-order valence-electron chi connectivity index (χ2n) is 15.5. The van der Waals surface area contributed by atoms with Gasteiger partial charge in [-0.1, -0.05) is 28.1 Å². The van der Waals surface area contributed by atoms with Crippen LogP contribution in [0.5, 0.6) is 0 Å². The Bertz CT molecular complexity index is 1700. The third-order valence-corrected chi connectivity index (χ3v) is 11.2. The summed E-state index contributed by atoms with van der Waals surface area (Å²) in [5.74, 6) is -3.29. The molecule has 1 saturated heterocycles. The van der Waals surface area contributed by atoms with E-state index >= 15 is 0 Å². The monoisotopic (exact) mass is 795 g/mol. The smallest absolute Gasteiger partial charge is 0.418 e. The summed E-state index contributed by atoms with van der Waals surface area (Å²) in [4.78, 5) is 71.7. The molecule has 7 unspecified atom stereocenters. The zero-order valence-electron chi connectivity index (χ0n) is 29.8. The zero-order chi connectivity index (χ0) is 37.7. The molecule has 0 bridgehead atoms. The first-order chi connectivity index (χ1) is 23.7. The van der Waals surface area contributed by atoms with Gasteiger partial charge in [0.05, 0.1) is 18.1 Å². The van der Waals surface area contributed by atoms with E-state index < -0.39 is 80.9 Å². The summed E-state index contributed by atoms with van der Waals surface area (Å²) in [5, 5.41) is 2.71. The number of rotatable bonds is 5. The van der Waals surface area contributed by atoms with Crippen LogP contribution in [0.4, 0.5) is 9.59 Å². The highest BCUT2D eigenvalue weighted by molar-refractivity contribution is 9.10. The number of amides is 4. The fourth-order valence-electron chi connectivity index (χ4n) is 6.90. The number of benzene rings is 1. The highest BCUT2D eigenvalue weighted by Gasteiger charge is 2.69. The van der Waals surface area contributed by atoms with Crippen LogP contribution in [0.3, 0.4) is 0 Å². The lowest BCUT2D eigenvalue weighted by atomic mass is 10.0. The van der Waals surface area contributed by atoms with E-state index in [9.17, 15) is 32.4 Å². The Labute approximate surface area is 306 Å². The maximum Gasteiger partial charge on any atom is 0.418 e. The van der Waals surface area contributed by atoms with Gasteiger partial charge in [0.2, 0.25) is 5.91 Å². The molecule has 1 aromatic carbocycles. The molecule has 2 aliphatic heterocycles. The number of ether oxygens (including phenoxy) is 3. The van der Waals surface area contributed by atoms with Gasteiger partial charge in [-0.3, -0.25) is 13.8 Å². The van der Waals surface area contributed by atoms with Crippen LogP contribution in [0.15, 0.2) is 45.8 Å². The van der Waals surface area contributed by atoms with Crippen molar-refractivity contribution >= 4 is 56.0 Å². The molecular weight excluding hydrogens is 750 g/mol. The number of halogens is 1. The lowest BCUT2D eigenvalue weighted by Gasteiger charge is -2.36. The highest BCUT2D eigenvalue weighted by Crippen LogP contribution is 2.52. The van der Waals surface area contributed by atoms with Gasteiger partial charge in [-0.15, -0.1) is 0 Å². The first kappa shape index (κ1) is 38.7. The molecule has 5 rings (SSSR count). The average molecular weight is 797 g/mol. The number of fused-ring (bicyclic) bond motifs is 3. The van der Waals surface area contributed by atoms with E-state index in [2.05, 4.69) is 21.2 Å². The lowest BCUT2D eigenvalue weighted by Crippen LogP contribution is -2.60. The number of allylic oxidation sites excluding steroid dienone is 1. The second-order valence-corrected chi connectivity index (χ2v) is 18.0. The van der Waals surface area contributed by atoms with Crippen molar-refractivity contribution in [2.24, 2.45) is 17.8 Å². The summed E-state index contributed by atoms with van der Waals surface area (Å²) < 4.78 is 49.3. The fourth-order valence-corrected chi connectivity index (χ4v) is 8.24. The minimum absolute atomic E-state index is 0.0610. The number of nitrogens with zero attached hydrogens (tertiary/aromatic N) is 2. The number of alkyl carbamates (subject to hydrolysis) is 1. The molecule has 4 amide bonds. The van der Waals surface area contributed by atoms with Gasteiger partial charge in [-0.05, 0) is 103 Å². The molecule has 51 heavy (non-hydrogen) atoms. The van der Waals surface area contributed by atoms with Gasteiger partial charge in [-0.2, -0.15) is 8.42 Å². The van der Waals surface area contributed by atoms with E-state index in [4.69, 9.17) is 18.4 Å². The van der Waals surface area contributed by atoms with Gasteiger partial charge in [0.1, 0.15) is 23.3 Å². The second kappa shape index (κ2) is 14.1. The molecule has 14 nitrogen and oxygen atoms in total. The van der Waals surface area contributed by atoms with Gasteiger partial charge in [0.15, 0.2) is 5.54 Å². The SMILES string of the molecule is COC(=O)C12CC1C=CCCC1CC1C(NC(=O)OC(C)(C)C)C(=O)N1CC(OS(=O)(=O)c3ccc(Br)cc3)CC1C(=O)N2C(=O)OC(C)(C)C. The Morgan fingerprint density at radius 2 is 1.61 bits per heavy atom. The predicted molar refractivity (Wildman–Crippen MR) is 185 cm³/mol. The van der Waals surface area contributed by atoms with Crippen molar-refractivity contribution in [3.05, 3.63) is 40.9 Å². The predicted octanol–water partition coefficient (Wildman–Crippen LogP) is 4.70. The topological polar surface area (TPSA) is 175 Å². The Hall–Kier alpha value is -3.50. The Morgan fingerprint density at radius 3 is 2.22 bits per heavy atom. The summed E-state index contributed by atoms with van der Waals surface area (Å²) in [5.41, 5.74) is -3.71. The van der Waals surface area contributed by atoms with Crippen LogP contribution in [0, 0.1) is 17.8 Å². The Morgan fingerprint density at radius 1 is 0.961 bits per heavy atom. The largest absolute Gasteiger partial charge is 0.467 e. The molecule has 1 N–H and O–H groups in total. The lowest BCUT2D eigenvalue weighted by molar-refractivity contribution is -0.157. The zero-order valence-corrected chi connectivity index (χ0v) is 32.2. The maximum atomic E-state index is 14.8. The van der Waals surface area contributed by atoms with E-state index in [1.165, 1.54) is 24.3 Å². The van der Waals surface area contributed by atoms with E-state index in [0.29, 0.717) is 23.7 Å². The number of imide groups is 1. The Kier molecular flexibility index (Phi) is 10.7. The molecule has 0 spiro atoms. The van der Waals surface area contributed by atoms with E-state index in [1.807, 2.05) is 6.08 Å². The number of carbonyl (C=O) groups is 5. The van der Waals surface area contributed by atoms with Gasteiger partial charge < -0.3 is 24.4 Å². The quantitative estimate of drug-likeness (QED) is 0.189. The number of esters is 1. The molecular formula is C35H46BrN3O11S. The van der Waals surface area contributed by atoms with Crippen LogP contribution in [0.2, 0.25) is 0 Å². The van der Waals surface area contributed by atoms with Crippen LogP contribution < -0.4 is 5.32 Å². The molecule has 0 radical (unpaired) electrons. The minimum Gasteiger partial charge on any atom is -0.467 e. The van der Waals surface area contributed by atoms with Gasteiger partial charge in [-0.25, -0.2) is 19.3 Å². The van der Waals surface area contributed by atoms with Gasteiger partial charge >= 0.3 is 18.2 Å². The summed E-state index contributed by atoms with van der Waals surface area (Å²) in [6.07, 6.45) is 2.08. The van der Waals surface area contributed by atoms with Crippen LogP contribution in [0.1, 0.15) is 73.6 Å². The molecule has 2 saturated carbocycles. The number of hydrogen-bond donors (Lipinski definition) is 1. The van der Waals surface area contributed by atoms with Crippen molar-refractivity contribution in [3.8, 4) is 0 Å². The fraction of sp³-hybridized carbons (Fsp3) is 0.629. The molecule has 1 aromatic rings. The van der Waals surface area contributed by atoms with Crippen LogP contribution in [0.25, 0.3) is 0 Å². The van der Waals surface area contributed by atoms with Crippen molar-refractivity contribution in [3.63, 3.8) is 0 Å². The van der Waals surface area contributed by atoms with Crippen molar-refractivity contribution in [2.75, 3.05) is 13.7 Å². The number of hydrogen-bond acceptors (Lipinski definition) is 11. The number of methoxy groups -OCH3 is 1. The van der Waals surface area contributed by atoms with Gasteiger partial charge in [0.25, 0.3) is 16.0 Å². The summed E-state index contributed by atoms with van der Waals surface area (Å²) in [7, 11) is -3.23. The molecule has 7 atom stereocenters. The summed E-state index contributed by atoms with van der Waals surface area (Å²) in [6, 6.07) is 3.15. The first-order valence-electron chi connectivity index (χ1n) is 17.0. The molecule has 2 aliphatic carbocycles. The maximum absolute atomic E-state index is 14.8.